The summed E-state index contributed by atoms with van der Waals surface area (Å²) in [6, 6.07) is -0.876. The van der Waals surface area contributed by atoms with Gasteiger partial charge in [-0.3, -0.25) is 9.36 Å². The van der Waals surface area contributed by atoms with Gasteiger partial charge in [0.05, 0.1) is 18.8 Å². The molecule has 0 aromatic rings. The fourth-order valence-corrected chi connectivity index (χ4v) is 3.10. The highest BCUT2D eigenvalue weighted by atomic mass is 31.2. The predicted molar refractivity (Wildman–Crippen MR) is 80.7 cm³/mol. The van der Waals surface area contributed by atoms with Gasteiger partial charge in [0.1, 0.15) is 18.3 Å². The molecule has 10 heteroatoms. The van der Waals surface area contributed by atoms with Crippen molar-refractivity contribution in [1.29, 1.82) is 0 Å². The van der Waals surface area contributed by atoms with Crippen LogP contribution in [0.25, 0.3) is 0 Å². The van der Waals surface area contributed by atoms with E-state index in [-0.39, 0.29) is 6.42 Å². The molecule has 1 heterocycles. The van der Waals surface area contributed by atoms with Gasteiger partial charge in [0.15, 0.2) is 0 Å². The summed E-state index contributed by atoms with van der Waals surface area (Å²) >= 11 is 0. The van der Waals surface area contributed by atoms with Crippen molar-refractivity contribution in [1.82, 2.24) is 5.32 Å². The maximum atomic E-state index is 11.9. The number of rotatable bonds is 7. The molecule has 0 saturated carbocycles. The maximum Gasteiger partial charge on any atom is 0.353 e. The number of hydrogen-bond acceptors (Lipinski definition) is 8. The number of carbonyl (C=O) groups excluding carboxylic acids is 1. The fourth-order valence-electron chi connectivity index (χ4n) is 2.33. The van der Waals surface area contributed by atoms with E-state index < -0.39 is 50.6 Å². The van der Waals surface area contributed by atoms with E-state index in [9.17, 15) is 24.7 Å². The lowest BCUT2D eigenvalue weighted by Crippen LogP contribution is -2.63. The molecule has 4 N–H and O–H groups in total. The lowest BCUT2D eigenvalue weighted by atomic mass is 9.91. The molecule has 1 aliphatic heterocycles. The van der Waals surface area contributed by atoms with E-state index in [0.717, 1.165) is 0 Å². The van der Waals surface area contributed by atoms with Crippen molar-refractivity contribution in [2.75, 3.05) is 20.8 Å². The molecule has 1 aliphatic rings. The molecule has 5 atom stereocenters. The molecule has 0 unspecified atom stereocenters. The predicted octanol–water partition coefficient (Wildman–Crippen LogP) is -0.638. The Balaban J connectivity index is 2.87. The highest BCUT2D eigenvalue weighted by Crippen LogP contribution is 2.48. The first-order chi connectivity index (χ1) is 10.8. The summed E-state index contributed by atoms with van der Waals surface area (Å²) in [6.45, 7) is 0.786. The third-order valence-electron chi connectivity index (χ3n) is 3.56. The van der Waals surface area contributed by atoms with Crippen LogP contribution in [0.15, 0.2) is 11.9 Å². The van der Waals surface area contributed by atoms with Crippen LogP contribution in [0.3, 0.4) is 0 Å². The minimum absolute atomic E-state index is 0.155. The Kier molecular flexibility index (Phi) is 7.82. The third kappa shape index (κ3) is 5.36. The van der Waals surface area contributed by atoms with E-state index >= 15 is 0 Å². The monoisotopic (exact) mass is 353 g/mol. The largest absolute Gasteiger partial charge is 0.394 e. The molecule has 134 valence electrons. The van der Waals surface area contributed by atoms with Crippen LogP contribution in [0.2, 0.25) is 0 Å². The van der Waals surface area contributed by atoms with Crippen molar-refractivity contribution in [2.45, 2.75) is 43.8 Å². The average molecular weight is 353 g/mol. The van der Waals surface area contributed by atoms with Gasteiger partial charge in [0.25, 0.3) is 0 Å². The Labute approximate surface area is 134 Å². The van der Waals surface area contributed by atoms with Crippen LogP contribution >= 0.6 is 7.60 Å². The summed E-state index contributed by atoms with van der Waals surface area (Å²) < 4.78 is 26.9. The number of nitrogens with one attached hydrogen (secondary N) is 1. The van der Waals surface area contributed by atoms with E-state index in [4.69, 9.17) is 13.8 Å². The number of ether oxygens (including phenoxy) is 1. The van der Waals surface area contributed by atoms with Crippen molar-refractivity contribution in [3.05, 3.63) is 11.9 Å². The average Bonchev–Trinajstić information content (AvgIpc) is 2.53. The molecule has 9 nitrogen and oxygen atoms in total. The van der Waals surface area contributed by atoms with Gasteiger partial charge in [0, 0.05) is 27.0 Å². The van der Waals surface area contributed by atoms with Crippen LogP contribution in [0, 0.1) is 0 Å². The molecule has 1 rings (SSSR count). The van der Waals surface area contributed by atoms with E-state index in [2.05, 4.69) is 5.32 Å². The standard InChI is InChI=1S/C13H24NO8P/c1-8(16)14-11-9(5-4-6-23(19,20-2)21-3)22-10(7-15)12(17)13(11)18/h4,6,9-13,15,17-18H,5,7H2,1-3H3,(H,14,16)/b6-4+/t9-,10+,11-,12+,13+/m0/s1. The Bertz CT molecular complexity index is 463. The molecule has 1 saturated heterocycles. The minimum atomic E-state index is -3.33. The maximum absolute atomic E-state index is 11.9. The van der Waals surface area contributed by atoms with E-state index in [1.54, 1.807) is 0 Å². The van der Waals surface area contributed by atoms with Crippen LogP contribution in [-0.4, -0.2) is 72.5 Å². The summed E-state index contributed by atoms with van der Waals surface area (Å²) in [4.78, 5) is 11.3. The van der Waals surface area contributed by atoms with Crippen molar-refractivity contribution < 1.29 is 38.5 Å². The Morgan fingerprint density at radius 2 is 1.87 bits per heavy atom. The fraction of sp³-hybridized carbons (Fsp3) is 0.769. The van der Waals surface area contributed by atoms with Gasteiger partial charge in [-0.1, -0.05) is 6.08 Å². The summed E-state index contributed by atoms with van der Waals surface area (Å²) in [6.07, 6.45) is -2.72. The number of aliphatic hydroxyl groups excluding tert-OH is 3. The molecule has 23 heavy (non-hydrogen) atoms. The first-order valence-corrected chi connectivity index (χ1v) is 8.67. The van der Waals surface area contributed by atoms with Crippen molar-refractivity contribution in [2.24, 2.45) is 0 Å². The Morgan fingerprint density at radius 3 is 2.35 bits per heavy atom. The van der Waals surface area contributed by atoms with Gasteiger partial charge in [-0.2, -0.15) is 0 Å². The third-order valence-corrected chi connectivity index (χ3v) is 5.16. The first-order valence-electron chi connectivity index (χ1n) is 7.06. The molecule has 0 spiro atoms. The second kappa shape index (κ2) is 8.89. The smallest absolute Gasteiger partial charge is 0.353 e. The molecule has 0 aromatic carbocycles. The van der Waals surface area contributed by atoms with Gasteiger partial charge in [0.2, 0.25) is 5.91 Å². The molecule has 1 fully saturated rings. The molecular weight excluding hydrogens is 329 g/mol. The molecular formula is C13H24NO8P. The first kappa shape index (κ1) is 20.2. The van der Waals surface area contributed by atoms with Gasteiger partial charge >= 0.3 is 7.60 Å². The van der Waals surface area contributed by atoms with Crippen molar-refractivity contribution in [3.63, 3.8) is 0 Å². The summed E-state index contributed by atoms with van der Waals surface area (Å²) in [5.41, 5.74) is 0. The van der Waals surface area contributed by atoms with Gasteiger partial charge in [-0.15, -0.1) is 0 Å². The Hall–Kier alpha value is -0.800. The second-order valence-corrected chi connectivity index (χ2v) is 7.24. The zero-order valence-electron chi connectivity index (χ0n) is 13.3. The van der Waals surface area contributed by atoms with Crippen molar-refractivity contribution >= 4 is 13.5 Å². The topological polar surface area (TPSA) is 135 Å². The number of carbonyl (C=O) groups is 1. The number of amides is 1. The Morgan fingerprint density at radius 1 is 1.26 bits per heavy atom. The zero-order chi connectivity index (χ0) is 17.6. The summed E-state index contributed by atoms with van der Waals surface area (Å²) in [7, 11) is -0.843. The molecule has 0 radical (unpaired) electrons. The zero-order valence-corrected chi connectivity index (χ0v) is 14.2. The normalized spacial score (nSPS) is 32.2. The van der Waals surface area contributed by atoms with E-state index in [1.807, 2.05) is 0 Å². The van der Waals surface area contributed by atoms with Gasteiger partial charge in [-0.25, -0.2) is 0 Å². The second-order valence-electron chi connectivity index (χ2n) is 5.13. The molecule has 0 aliphatic carbocycles. The van der Waals surface area contributed by atoms with E-state index in [1.165, 1.54) is 33.0 Å². The van der Waals surface area contributed by atoms with Crippen LogP contribution in [0.5, 0.6) is 0 Å². The van der Waals surface area contributed by atoms with Gasteiger partial charge in [-0.05, 0) is 6.42 Å². The highest BCUT2D eigenvalue weighted by Gasteiger charge is 2.44. The van der Waals surface area contributed by atoms with Crippen LogP contribution in [0.1, 0.15) is 13.3 Å². The highest BCUT2D eigenvalue weighted by molar-refractivity contribution is 7.57. The lowest BCUT2D eigenvalue weighted by Gasteiger charge is -2.42. The SMILES string of the molecule is COP(=O)(/C=C/C[C@@H]1O[C@H](CO)[C@@H](O)[C@H](O)[C@H]1NC(C)=O)OC. The number of hydrogen-bond donors (Lipinski definition) is 4. The molecule has 1 amide bonds. The number of aliphatic hydroxyl groups is 3. The van der Waals surface area contributed by atoms with Crippen LogP contribution < -0.4 is 5.32 Å². The van der Waals surface area contributed by atoms with Crippen molar-refractivity contribution in [3.8, 4) is 0 Å². The summed E-state index contributed by atoms with van der Waals surface area (Å²) in [5.74, 6) is 0.841. The molecule has 0 aromatic heterocycles. The van der Waals surface area contributed by atoms with E-state index in [0.29, 0.717) is 0 Å². The quantitative estimate of drug-likeness (QED) is 0.444. The van der Waals surface area contributed by atoms with Crippen LogP contribution in [-0.2, 0) is 23.1 Å². The van der Waals surface area contributed by atoms with Gasteiger partial charge < -0.3 is 34.4 Å². The molecule has 0 bridgehead atoms. The van der Waals surface area contributed by atoms with Crippen LogP contribution in [0.4, 0.5) is 0 Å². The minimum Gasteiger partial charge on any atom is -0.394 e. The summed E-state index contributed by atoms with van der Waals surface area (Å²) in [5, 5.41) is 31.7. The lowest BCUT2D eigenvalue weighted by molar-refractivity contribution is -0.194.